The Morgan fingerprint density at radius 1 is 1.18 bits per heavy atom. The van der Waals surface area contributed by atoms with Crippen LogP contribution in [-0.2, 0) is 17.7 Å². The zero-order valence-electron chi connectivity index (χ0n) is 15.3. The van der Waals surface area contributed by atoms with Gasteiger partial charge in [-0.05, 0) is 23.8 Å². The molecule has 7 nitrogen and oxygen atoms in total. The predicted molar refractivity (Wildman–Crippen MR) is 104 cm³/mol. The number of esters is 1. The quantitative estimate of drug-likeness (QED) is 0.542. The number of carbonyl (C=O) groups is 1. The second-order valence-corrected chi connectivity index (χ2v) is 6.37. The maximum Gasteiger partial charge on any atom is 0.337 e. The van der Waals surface area contributed by atoms with Crippen molar-refractivity contribution in [3.05, 3.63) is 94.1 Å². The summed E-state index contributed by atoms with van der Waals surface area (Å²) in [6.07, 6.45) is 4.00. The number of hydrogen-bond acceptors (Lipinski definition) is 5. The number of rotatable bonds is 5. The van der Waals surface area contributed by atoms with Crippen molar-refractivity contribution in [1.29, 1.82) is 0 Å². The van der Waals surface area contributed by atoms with Gasteiger partial charge in [0.25, 0.3) is 5.56 Å². The van der Waals surface area contributed by atoms with E-state index in [1.54, 1.807) is 24.4 Å². The molecule has 0 aliphatic carbocycles. The number of aromatic amines is 1. The summed E-state index contributed by atoms with van der Waals surface area (Å²) in [5, 5.41) is 0.420. The van der Waals surface area contributed by atoms with Crippen LogP contribution in [0.1, 0.15) is 27.6 Å². The highest BCUT2D eigenvalue weighted by Crippen LogP contribution is 2.13. The lowest BCUT2D eigenvalue weighted by atomic mass is 10.1. The van der Waals surface area contributed by atoms with Gasteiger partial charge in [0, 0.05) is 18.9 Å². The minimum Gasteiger partial charge on any atom is -0.465 e. The minimum absolute atomic E-state index is 0.252. The van der Waals surface area contributed by atoms with Gasteiger partial charge >= 0.3 is 5.97 Å². The first-order chi connectivity index (χ1) is 13.6. The van der Waals surface area contributed by atoms with Crippen LogP contribution in [0.4, 0.5) is 0 Å². The lowest BCUT2D eigenvalue weighted by molar-refractivity contribution is 0.0601. The van der Waals surface area contributed by atoms with E-state index in [1.807, 2.05) is 41.1 Å². The van der Waals surface area contributed by atoms with Crippen molar-refractivity contribution >= 4 is 16.9 Å². The third-order valence-corrected chi connectivity index (χ3v) is 4.50. The molecule has 2 aromatic carbocycles. The van der Waals surface area contributed by atoms with Crippen molar-refractivity contribution in [2.24, 2.45) is 0 Å². The first kappa shape index (κ1) is 17.7. The van der Waals surface area contributed by atoms with Gasteiger partial charge in [-0.1, -0.05) is 30.3 Å². The molecule has 0 radical (unpaired) electrons. The molecule has 140 valence electrons. The molecule has 7 heteroatoms. The van der Waals surface area contributed by atoms with E-state index in [0.29, 0.717) is 35.3 Å². The minimum atomic E-state index is -0.469. The summed E-state index contributed by atoms with van der Waals surface area (Å²) in [6, 6.07) is 14.8. The number of imidazole rings is 1. The summed E-state index contributed by atoms with van der Waals surface area (Å²) < 4.78 is 6.76. The molecule has 4 rings (SSSR count). The normalized spacial score (nSPS) is 10.9. The third-order valence-electron chi connectivity index (χ3n) is 4.50. The molecule has 0 aliphatic rings. The van der Waals surface area contributed by atoms with Crippen LogP contribution >= 0.6 is 0 Å². The highest BCUT2D eigenvalue weighted by molar-refractivity contribution is 5.93. The van der Waals surface area contributed by atoms with Gasteiger partial charge in [-0.3, -0.25) is 4.79 Å². The Balaban J connectivity index is 1.66. The number of fused-ring (bicyclic) bond motifs is 1. The summed E-state index contributed by atoms with van der Waals surface area (Å²) >= 11 is 0. The van der Waals surface area contributed by atoms with Crippen molar-refractivity contribution in [2.45, 2.75) is 13.0 Å². The van der Waals surface area contributed by atoms with Crippen LogP contribution in [0.25, 0.3) is 10.9 Å². The summed E-state index contributed by atoms with van der Waals surface area (Å²) in [7, 11) is 1.32. The van der Waals surface area contributed by atoms with Crippen LogP contribution in [0.15, 0.2) is 65.7 Å². The largest absolute Gasteiger partial charge is 0.465 e. The molecule has 28 heavy (non-hydrogen) atoms. The van der Waals surface area contributed by atoms with Crippen molar-refractivity contribution in [3.8, 4) is 0 Å². The molecule has 0 spiro atoms. The molecule has 0 fully saturated rings. The van der Waals surface area contributed by atoms with Crippen molar-refractivity contribution in [3.63, 3.8) is 0 Å². The summed E-state index contributed by atoms with van der Waals surface area (Å²) in [5.74, 6) is 0.805. The maximum absolute atomic E-state index is 12.4. The molecular formula is C21H18N4O3. The van der Waals surface area contributed by atoms with Gasteiger partial charge in [0.15, 0.2) is 0 Å². The van der Waals surface area contributed by atoms with Crippen LogP contribution in [0.5, 0.6) is 0 Å². The number of aromatic nitrogens is 4. The molecule has 0 bridgehead atoms. The Labute approximate surface area is 160 Å². The molecule has 0 saturated heterocycles. The number of benzene rings is 2. The van der Waals surface area contributed by atoms with Gasteiger partial charge in [-0.2, -0.15) is 0 Å². The van der Waals surface area contributed by atoms with Gasteiger partial charge in [0.2, 0.25) is 0 Å². The second kappa shape index (κ2) is 7.48. The van der Waals surface area contributed by atoms with Crippen LogP contribution in [0.2, 0.25) is 0 Å². The first-order valence-corrected chi connectivity index (χ1v) is 8.79. The standard InChI is InChI=1S/C21H18N4O3/c1-28-21(27)15-7-8-16-17(11-15)23-18(24-20(16)26)12-19-22-9-10-25(19)13-14-5-3-2-4-6-14/h2-11H,12-13H2,1H3,(H,23,24,26). The van der Waals surface area contributed by atoms with Gasteiger partial charge in [0.05, 0.1) is 30.0 Å². The average molecular weight is 374 g/mol. The lowest BCUT2D eigenvalue weighted by Crippen LogP contribution is -2.15. The maximum atomic E-state index is 12.4. The van der Waals surface area contributed by atoms with Crippen molar-refractivity contribution in [1.82, 2.24) is 19.5 Å². The molecule has 4 aromatic rings. The smallest absolute Gasteiger partial charge is 0.337 e. The van der Waals surface area contributed by atoms with Crippen LogP contribution < -0.4 is 5.56 Å². The first-order valence-electron chi connectivity index (χ1n) is 8.79. The van der Waals surface area contributed by atoms with Gasteiger partial charge in [-0.25, -0.2) is 14.8 Å². The average Bonchev–Trinajstić information content (AvgIpc) is 3.14. The Morgan fingerprint density at radius 3 is 2.79 bits per heavy atom. The molecule has 0 saturated carbocycles. The molecule has 1 N–H and O–H groups in total. The van der Waals surface area contributed by atoms with Crippen LogP contribution in [-0.4, -0.2) is 32.6 Å². The highest BCUT2D eigenvalue weighted by atomic mass is 16.5. The molecule has 0 atom stereocenters. The lowest BCUT2D eigenvalue weighted by Gasteiger charge is -2.08. The fraction of sp³-hybridized carbons (Fsp3) is 0.143. The summed E-state index contributed by atoms with van der Waals surface area (Å²) in [6.45, 7) is 0.681. The Morgan fingerprint density at radius 2 is 2.00 bits per heavy atom. The highest BCUT2D eigenvalue weighted by Gasteiger charge is 2.12. The van der Waals surface area contributed by atoms with E-state index in [1.165, 1.54) is 7.11 Å². The van der Waals surface area contributed by atoms with Gasteiger partial charge in [-0.15, -0.1) is 0 Å². The number of hydrogen-bond donors (Lipinski definition) is 1. The van der Waals surface area contributed by atoms with Gasteiger partial charge < -0.3 is 14.3 Å². The fourth-order valence-corrected chi connectivity index (χ4v) is 3.10. The van der Waals surface area contributed by atoms with E-state index < -0.39 is 5.97 Å². The molecular weight excluding hydrogens is 356 g/mol. The van der Waals surface area contributed by atoms with Crippen molar-refractivity contribution < 1.29 is 9.53 Å². The Kier molecular flexibility index (Phi) is 4.72. The topological polar surface area (TPSA) is 89.9 Å². The zero-order valence-corrected chi connectivity index (χ0v) is 15.3. The van der Waals surface area contributed by atoms with E-state index in [2.05, 4.69) is 15.0 Å². The van der Waals surface area contributed by atoms with Gasteiger partial charge in [0.1, 0.15) is 11.6 Å². The number of nitrogens with one attached hydrogen (secondary N) is 1. The Bertz CT molecular complexity index is 1200. The molecule has 0 aliphatic heterocycles. The third kappa shape index (κ3) is 3.55. The molecule has 2 aromatic heterocycles. The number of carbonyl (C=O) groups excluding carboxylic acids is 1. The number of H-pyrrole nitrogens is 1. The van der Waals surface area contributed by atoms with E-state index in [4.69, 9.17) is 4.74 Å². The SMILES string of the molecule is COC(=O)c1ccc2c(=O)[nH]c(Cc3nccn3Cc3ccccc3)nc2c1. The van der Waals surface area contributed by atoms with Crippen molar-refractivity contribution in [2.75, 3.05) is 7.11 Å². The Hall–Kier alpha value is -3.74. The predicted octanol–water partition coefficient (Wildman–Crippen LogP) is 2.55. The molecule has 2 heterocycles. The van der Waals surface area contributed by atoms with E-state index >= 15 is 0 Å². The summed E-state index contributed by atoms with van der Waals surface area (Å²) in [5.41, 5.74) is 1.70. The zero-order chi connectivity index (χ0) is 19.5. The molecule has 0 amide bonds. The van der Waals surface area contributed by atoms with E-state index in [-0.39, 0.29) is 5.56 Å². The number of methoxy groups -OCH3 is 1. The number of nitrogens with zero attached hydrogens (tertiary/aromatic N) is 3. The fourth-order valence-electron chi connectivity index (χ4n) is 3.10. The number of ether oxygens (including phenoxy) is 1. The second-order valence-electron chi connectivity index (χ2n) is 6.37. The summed E-state index contributed by atoms with van der Waals surface area (Å²) in [4.78, 5) is 35.9. The van der Waals surface area contributed by atoms with Crippen LogP contribution in [0, 0.1) is 0 Å². The van der Waals surface area contributed by atoms with E-state index in [0.717, 1.165) is 11.4 Å². The van der Waals surface area contributed by atoms with Crippen LogP contribution in [0.3, 0.4) is 0 Å². The van der Waals surface area contributed by atoms with E-state index in [9.17, 15) is 9.59 Å². The molecule has 0 unspecified atom stereocenters. The monoisotopic (exact) mass is 374 g/mol.